The maximum Gasteiger partial charge on any atom is 0.335 e. The van der Waals surface area contributed by atoms with Crippen LogP contribution in [0.15, 0.2) is 12.2 Å². The van der Waals surface area contributed by atoms with Crippen LogP contribution < -0.4 is 0 Å². The van der Waals surface area contributed by atoms with E-state index in [9.17, 15) is 4.79 Å². The predicted molar refractivity (Wildman–Crippen MR) is 41.5 cm³/mol. The van der Waals surface area contributed by atoms with Crippen molar-refractivity contribution in [2.75, 3.05) is 19.8 Å². The summed E-state index contributed by atoms with van der Waals surface area (Å²) < 4.78 is 15.0. The Labute approximate surface area is 71.1 Å². The molecule has 1 saturated heterocycles. The number of ether oxygens (including phenoxy) is 3. The van der Waals surface area contributed by atoms with Gasteiger partial charge in [-0.2, -0.15) is 0 Å². The fraction of sp³-hybridized carbons (Fsp3) is 0.625. The third-order valence-corrected chi connectivity index (χ3v) is 1.37. The normalized spacial score (nSPS) is 23.2. The molecule has 0 N–H and O–H groups in total. The molecule has 0 aromatic rings. The van der Waals surface area contributed by atoms with Gasteiger partial charge in [-0.15, -0.1) is 0 Å². The first-order valence-electron chi connectivity index (χ1n) is 3.76. The minimum absolute atomic E-state index is 0.305. The van der Waals surface area contributed by atoms with Gasteiger partial charge < -0.3 is 14.2 Å². The molecule has 0 bridgehead atoms. The van der Waals surface area contributed by atoms with Crippen molar-refractivity contribution in [3.8, 4) is 0 Å². The number of hydrogen-bond donors (Lipinski definition) is 0. The van der Waals surface area contributed by atoms with Gasteiger partial charge in [-0.3, -0.25) is 0 Å². The molecule has 4 heteroatoms. The van der Waals surface area contributed by atoms with Gasteiger partial charge in [0.05, 0.1) is 13.2 Å². The Morgan fingerprint density at radius 3 is 2.83 bits per heavy atom. The lowest BCUT2D eigenvalue weighted by molar-refractivity contribution is -0.210. The molecule has 1 unspecified atom stereocenters. The Morgan fingerprint density at radius 2 is 2.33 bits per heavy atom. The lowest BCUT2D eigenvalue weighted by atomic mass is 10.4. The predicted octanol–water partition coefficient (Wildman–Crippen LogP) is 0.479. The van der Waals surface area contributed by atoms with E-state index >= 15 is 0 Å². The maximum atomic E-state index is 11.0. The van der Waals surface area contributed by atoms with E-state index in [1.165, 1.54) is 0 Å². The van der Waals surface area contributed by atoms with E-state index in [1.54, 1.807) is 6.92 Å². The highest BCUT2D eigenvalue weighted by Gasteiger charge is 2.18. The topological polar surface area (TPSA) is 44.8 Å². The zero-order valence-electron chi connectivity index (χ0n) is 7.04. The molecule has 0 amide bonds. The Kier molecular flexibility index (Phi) is 3.25. The van der Waals surface area contributed by atoms with Crippen molar-refractivity contribution in [3.05, 3.63) is 12.2 Å². The first-order chi connectivity index (χ1) is 5.70. The van der Waals surface area contributed by atoms with Crippen molar-refractivity contribution in [2.45, 2.75) is 13.2 Å². The molecular weight excluding hydrogens is 160 g/mol. The summed E-state index contributed by atoms with van der Waals surface area (Å²) in [4.78, 5) is 11.0. The quantitative estimate of drug-likeness (QED) is 0.449. The van der Waals surface area contributed by atoms with Crippen LogP contribution in [0.2, 0.25) is 0 Å². The van der Waals surface area contributed by atoms with Gasteiger partial charge in [0.15, 0.2) is 0 Å². The van der Waals surface area contributed by atoms with Crippen molar-refractivity contribution < 1.29 is 19.0 Å². The molecule has 4 nitrogen and oxygen atoms in total. The lowest BCUT2D eigenvalue weighted by Crippen LogP contribution is -2.32. The summed E-state index contributed by atoms with van der Waals surface area (Å²) in [6.07, 6.45) is -0.567. The maximum absolute atomic E-state index is 11.0. The summed E-state index contributed by atoms with van der Waals surface area (Å²) in [6.45, 7) is 6.37. The van der Waals surface area contributed by atoms with Gasteiger partial charge in [-0.1, -0.05) is 6.58 Å². The van der Waals surface area contributed by atoms with Crippen LogP contribution >= 0.6 is 0 Å². The molecule has 0 saturated carbocycles. The fourth-order valence-corrected chi connectivity index (χ4v) is 0.754. The minimum Gasteiger partial charge on any atom is -0.430 e. The molecule has 1 atom stereocenters. The summed E-state index contributed by atoms with van der Waals surface area (Å²) in [5, 5.41) is 0. The highest BCUT2D eigenvalue weighted by Crippen LogP contribution is 2.04. The Balaban J connectivity index is 2.29. The first-order valence-corrected chi connectivity index (χ1v) is 3.76. The molecule has 0 aliphatic carbocycles. The third-order valence-electron chi connectivity index (χ3n) is 1.37. The van der Waals surface area contributed by atoms with Crippen LogP contribution in [0.5, 0.6) is 0 Å². The SMILES string of the molecule is C=C(C)C(=O)OC1COCCO1. The van der Waals surface area contributed by atoms with Crippen LogP contribution in [-0.4, -0.2) is 32.1 Å². The smallest absolute Gasteiger partial charge is 0.335 e. The van der Waals surface area contributed by atoms with Gasteiger partial charge >= 0.3 is 5.97 Å². The van der Waals surface area contributed by atoms with Crippen LogP contribution in [0.25, 0.3) is 0 Å². The molecule has 1 aliphatic rings. The summed E-state index contributed by atoms with van der Waals surface area (Å²) in [7, 11) is 0. The van der Waals surface area contributed by atoms with E-state index in [2.05, 4.69) is 6.58 Å². The van der Waals surface area contributed by atoms with Crippen LogP contribution in [0.1, 0.15) is 6.92 Å². The number of hydrogen-bond acceptors (Lipinski definition) is 4. The molecule has 12 heavy (non-hydrogen) atoms. The molecule has 0 aromatic heterocycles. The summed E-state index contributed by atoms with van der Waals surface area (Å²) in [5.41, 5.74) is 0.365. The van der Waals surface area contributed by atoms with Crippen LogP contribution in [0, 0.1) is 0 Å². The average Bonchev–Trinajstić information content (AvgIpc) is 2.06. The number of carbonyl (C=O) groups is 1. The lowest BCUT2D eigenvalue weighted by Gasteiger charge is -2.22. The van der Waals surface area contributed by atoms with E-state index in [0.29, 0.717) is 25.4 Å². The average molecular weight is 172 g/mol. The molecule has 68 valence electrons. The highest BCUT2D eigenvalue weighted by molar-refractivity contribution is 5.87. The van der Waals surface area contributed by atoms with E-state index in [0.717, 1.165) is 0 Å². The molecule has 0 aromatic carbocycles. The molecule has 1 fully saturated rings. The van der Waals surface area contributed by atoms with E-state index < -0.39 is 12.3 Å². The molecule has 1 aliphatic heterocycles. The molecule has 0 radical (unpaired) electrons. The van der Waals surface area contributed by atoms with Crippen LogP contribution in [0.4, 0.5) is 0 Å². The van der Waals surface area contributed by atoms with Gasteiger partial charge in [-0.05, 0) is 6.92 Å². The molecule has 1 heterocycles. The summed E-state index contributed by atoms with van der Waals surface area (Å²) >= 11 is 0. The summed E-state index contributed by atoms with van der Waals surface area (Å²) in [6, 6.07) is 0. The second kappa shape index (κ2) is 4.23. The zero-order chi connectivity index (χ0) is 8.97. The van der Waals surface area contributed by atoms with Gasteiger partial charge in [0.1, 0.15) is 6.61 Å². The monoisotopic (exact) mass is 172 g/mol. The van der Waals surface area contributed by atoms with Gasteiger partial charge in [-0.25, -0.2) is 4.79 Å². The Bertz CT molecular complexity index is 181. The van der Waals surface area contributed by atoms with Crippen molar-refractivity contribution in [2.24, 2.45) is 0 Å². The number of rotatable bonds is 2. The number of carbonyl (C=O) groups excluding carboxylic acids is 1. The van der Waals surface area contributed by atoms with Crippen LogP contribution in [-0.2, 0) is 19.0 Å². The van der Waals surface area contributed by atoms with E-state index in [1.807, 2.05) is 0 Å². The molecule has 1 rings (SSSR count). The molecular formula is C8H12O4. The highest BCUT2D eigenvalue weighted by atomic mass is 16.7. The van der Waals surface area contributed by atoms with Gasteiger partial charge in [0.2, 0.25) is 6.29 Å². The van der Waals surface area contributed by atoms with Crippen molar-refractivity contribution in [3.63, 3.8) is 0 Å². The molecule has 0 spiro atoms. The Morgan fingerprint density at radius 1 is 1.58 bits per heavy atom. The first kappa shape index (κ1) is 9.22. The second-order valence-corrected chi connectivity index (χ2v) is 2.56. The van der Waals surface area contributed by atoms with Gasteiger partial charge in [0.25, 0.3) is 0 Å². The van der Waals surface area contributed by atoms with Crippen molar-refractivity contribution >= 4 is 5.97 Å². The van der Waals surface area contributed by atoms with E-state index in [-0.39, 0.29) is 0 Å². The van der Waals surface area contributed by atoms with Crippen LogP contribution in [0.3, 0.4) is 0 Å². The fourth-order valence-electron chi connectivity index (χ4n) is 0.754. The summed E-state index contributed by atoms with van der Waals surface area (Å²) in [5.74, 6) is -0.439. The standard InChI is InChI=1S/C8H12O4/c1-6(2)8(9)12-7-5-10-3-4-11-7/h7H,1,3-5H2,2H3. The largest absolute Gasteiger partial charge is 0.430 e. The van der Waals surface area contributed by atoms with Crippen molar-refractivity contribution in [1.82, 2.24) is 0 Å². The third kappa shape index (κ3) is 2.64. The van der Waals surface area contributed by atoms with Crippen molar-refractivity contribution in [1.29, 1.82) is 0 Å². The second-order valence-electron chi connectivity index (χ2n) is 2.56. The van der Waals surface area contributed by atoms with E-state index in [4.69, 9.17) is 14.2 Å². The number of esters is 1. The zero-order valence-corrected chi connectivity index (χ0v) is 7.04. The minimum atomic E-state index is -0.567. The Hall–Kier alpha value is -0.870. The van der Waals surface area contributed by atoms with Gasteiger partial charge in [0, 0.05) is 5.57 Å².